The summed E-state index contributed by atoms with van der Waals surface area (Å²) in [5.41, 5.74) is 5.99. The number of aromatic nitrogens is 3. The maximum absolute atomic E-state index is 14.0. The zero-order chi connectivity index (χ0) is 31.6. The van der Waals surface area contributed by atoms with Gasteiger partial charge < -0.3 is 29.9 Å². The maximum Gasteiger partial charge on any atom is 0.459 e. The number of esters is 1. The molecule has 4 rings (SSSR count). The van der Waals surface area contributed by atoms with Gasteiger partial charge in [-0.25, -0.2) is 14.1 Å². The predicted molar refractivity (Wildman–Crippen MR) is 159 cm³/mol. The van der Waals surface area contributed by atoms with Crippen molar-refractivity contribution in [3.63, 3.8) is 0 Å². The van der Waals surface area contributed by atoms with E-state index in [-0.39, 0.29) is 23.6 Å². The van der Waals surface area contributed by atoms with Crippen LogP contribution >= 0.6 is 7.75 Å². The Labute approximate surface area is 249 Å². The van der Waals surface area contributed by atoms with Crippen LogP contribution in [0.4, 0.5) is 5.82 Å². The van der Waals surface area contributed by atoms with Gasteiger partial charge in [0.15, 0.2) is 11.4 Å². The van der Waals surface area contributed by atoms with Gasteiger partial charge >= 0.3 is 13.7 Å². The quantitative estimate of drug-likeness (QED) is 0.140. The van der Waals surface area contributed by atoms with Gasteiger partial charge in [0.25, 0.3) is 0 Å². The molecule has 1 aliphatic heterocycles. The molecule has 234 valence electrons. The van der Waals surface area contributed by atoms with Crippen molar-refractivity contribution in [3.8, 4) is 5.75 Å². The molecule has 3 aromatic rings. The Hall–Kier alpha value is -3.39. The summed E-state index contributed by atoms with van der Waals surface area (Å²) in [5, 5.41) is 29.1. The number of benzene rings is 1. The fourth-order valence-corrected chi connectivity index (χ4v) is 6.28. The largest absolute Gasteiger partial charge is 0.465 e. The van der Waals surface area contributed by atoms with Crippen molar-refractivity contribution in [1.82, 2.24) is 19.7 Å². The second-order valence-corrected chi connectivity index (χ2v) is 12.9. The lowest BCUT2D eigenvalue weighted by molar-refractivity contribution is -0.144. The zero-order valence-corrected chi connectivity index (χ0v) is 25.9. The Morgan fingerprint density at radius 3 is 2.60 bits per heavy atom. The molecule has 43 heavy (non-hydrogen) atoms. The van der Waals surface area contributed by atoms with Crippen LogP contribution in [0.2, 0.25) is 0 Å². The number of nitrogens with one attached hydrogen (secondary N) is 1. The second-order valence-electron chi connectivity index (χ2n) is 11.2. The summed E-state index contributed by atoms with van der Waals surface area (Å²) in [6.07, 6.45) is -1.66. The third-order valence-corrected chi connectivity index (χ3v) is 8.68. The van der Waals surface area contributed by atoms with Crippen molar-refractivity contribution in [2.24, 2.45) is 4.99 Å². The van der Waals surface area contributed by atoms with Crippen LogP contribution in [0.3, 0.4) is 0 Å². The number of ether oxygens (including phenoxy) is 2. The van der Waals surface area contributed by atoms with Crippen molar-refractivity contribution in [2.75, 3.05) is 26.0 Å². The second kappa shape index (κ2) is 12.7. The lowest BCUT2D eigenvalue weighted by Gasteiger charge is -2.28. The third-order valence-electron chi connectivity index (χ3n) is 7.04. The van der Waals surface area contributed by atoms with Gasteiger partial charge in [0.2, 0.25) is 0 Å². The summed E-state index contributed by atoms with van der Waals surface area (Å²) < 4.78 is 38.2. The van der Waals surface area contributed by atoms with E-state index in [1.54, 1.807) is 31.2 Å². The number of anilines is 1. The van der Waals surface area contributed by atoms with Gasteiger partial charge in [-0.1, -0.05) is 32.9 Å². The van der Waals surface area contributed by atoms with Crippen LogP contribution in [-0.2, 0) is 34.4 Å². The van der Waals surface area contributed by atoms with Gasteiger partial charge in [0, 0.05) is 13.3 Å². The van der Waals surface area contributed by atoms with Crippen molar-refractivity contribution in [1.29, 1.82) is 0 Å². The topological polar surface area (TPSA) is 192 Å². The molecule has 0 bridgehead atoms. The Kier molecular flexibility index (Phi) is 9.60. The summed E-state index contributed by atoms with van der Waals surface area (Å²) in [7, 11) is -2.81. The molecule has 1 saturated heterocycles. The van der Waals surface area contributed by atoms with Gasteiger partial charge in [-0.15, -0.1) is 0 Å². The smallest absolute Gasteiger partial charge is 0.459 e. The molecule has 14 nitrogen and oxygen atoms in total. The van der Waals surface area contributed by atoms with E-state index in [1.807, 2.05) is 12.1 Å². The number of hydrogen-bond donors (Lipinski definition) is 4. The number of aliphatic hydroxyl groups excluding tert-OH is 2. The normalized spacial score (nSPS) is 24.7. The van der Waals surface area contributed by atoms with E-state index in [4.69, 9.17) is 24.3 Å². The first kappa shape index (κ1) is 32.5. The molecule has 15 heteroatoms. The number of aliphatic imine (C=N–C) groups is 1. The van der Waals surface area contributed by atoms with Crippen molar-refractivity contribution < 1.29 is 38.1 Å². The molecule has 0 spiro atoms. The number of carbonyl (C=O) groups is 1. The van der Waals surface area contributed by atoms with Crippen LogP contribution in [0.15, 0.2) is 47.7 Å². The standard InChI is InChI=1S/C28H39N6O8P/c1-7-39-26(37)17(2)33-43(38,42-19-10-8-18(9-11-19)27(3,4)5)40-14-21-23(35)24(36)28(41-21,15-30-6)22-13-12-20-25(29)31-16-32-34(20)22/h8-13,15-17,21,23-24,35-36H,7,14H2,1-6H3,(H,33,38)(H2,29,31,32)/t17-,21+,23+,24+,28-,43?/m0/s1. The molecule has 1 unspecified atom stereocenters. The lowest BCUT2D eigenvalue weighted by atomic mass is 9.87. The molecular formula is C28H39N6O8P. The molecule has 0 amide bonds. The number of nitrogens with two attached hydrogens (primary N) is 1. The lowest BCUT2D eigenvalue weighted by Crippen LogP contribution is -2.43. The number of hydrogen-bond acceptors (Lipinski definition) is 12. The first-order chi connectivity index (χ1) is 20.2. The number of nitrogen functional groups attached to an aromatic ring is 1. The molecule has 5 N–H and O–H groups in total. The molecule has 3 heterocycles. The van der Waals surface area contributed by atoms with E-state index in [1.165, 1.54) is 31.0 Å². The Balaban J connectivity index is 1.61. The highest BCUT2D eigenvalue weighted by Gasteiger charge is 2.56. The van der Waals surface area contributed by atoms with Crippen molar-refractivity contribution in [3.05, 3.63) is 54.0 Å². The van der Waals surface area contributed by atoms with Crippen LogP contribution in [0.5, 0.6) is 5.75 Å². The molecule has 0 radical (unpaired) electrons. The monoisotopic (exact) mass is 618 g/mol. The predicted octanol–water partition coefficient (Wildman–Crippen LogP) is 2.37. The van der Waals surface area contributed by atoms with E-state index < -0.39 is 50.3 Å². The van der Waals surface area contributed by atoms with Crippen LogP contribution in [0.1, 0.15) is 45.9 Å². The van der Waals surface area contributed by atoms with Gasteiger partial charge in [-0.3, -0.25) is 14.3 Å². The van der Waals surface area contributed by atoms with E-state index in [0.717, 1.165) is 5.56 Å². The van der Waals surface area contributed by atoms with Crippen LogP contribution in [-0.4, -0.2) is 81.6 Å². The fraction of sp³-hybridized carbons (Fsp3) is 0.500. The summed E-state index contributed by atoms with van der Waals surface area (Å²) in [4.78, 5) is 20.4. The Morgan fingerprint density at radius 2 is 1.98 bits per heavy atom. The third kappa shape index (κ3) is 6.74. The SMILES string of the molecule is CCOC(=O)[C@H](C)NP(=O)(OC[C@H]1O[C@@](C=NC)(c2ccc3c(N)ncnn23)[C@H](O)[C@@H]1O)Oc1ccc(C(C)(C)C)cc1. The zero-order valence-electron chi connectivity index (χ0n) is 25.0. The highest BCUT2D eigenvalue weighted by atomic mass is 31.2. The Bertz CT molecular complexity index is 1510. The minimum absolute atomic E-state index is 0.121. The summed E-state index contributed by atoms with van der Waals surface area (Å²) in [6.45, 7) is 8.90. The Morgan fingerprint density at radius 1 is 1.28 bits per heavy atom. The van der Waals surface area contributed by atoms with Gasteiger partial charge in [-0.2, -0.15) is 10.2 Å². The molecule has 1 aliphatic rings. The molecule has 1 aromatic carbocycles. The van der Waals surface area contributed by atoms with E-state index in [2.05, 4.69) is 40.9 Å². The molecule has 2 aromatic heterocycles. The molecule has 0 aliphatic carbocycles. The van der Waals surface area contributed by atoms with Crippen LogP contribution in [0.25, 0.3) is 5.52 Å². The minimum atomic E-state index is -4.29. The molecule has 6 atom stereocenters. The fourth-order valence-electron chi connectivity index (χ4n) is 4.78. The first-order valence-electron chi connectivity index (χ1n) is 13.8. The van der Waals surface area contributed by atoms with E-state index >= 15 is 0 Å². The van der Waals surface area contributed by atoms with Crippen LogP contribution < -0.4 is 15.3 Å². The van der Waals surface area contributed by atoms with Gasteiger partial charge in [0.05, 0.1) is 18.9 Å². The van der Waals surface area contributed by atoms with Crippen molar-refractivity contribution >= 4 is 31.3 Å². The van der Waals surface area contributed by atoms with Crippen molar-refractivity contribution in [2.45, 2.75) is 70.0 Å². The summed E-state index contributed by atoms with van der Waals surface area (Å²) in [5.74, 6) is -0.240. The average molecular weight is 619 g/mol. The highest BCUT2D eigenvalue weighted by molar-refractivity contribution is 7.52. The van der Waals surface area contributed by atoms with Crippen LogP contribution in [0, 0.1) is 0 Å². The number of aliphatic hydroxyl groups is 2. The molecule has 0 saturated carbocycles. The maximum atomic E-state index is 14.0. The summed E-state index contributed by atoms with van der Waals surface area (Å²) >= 11 is 0. The summed E-state index contributed by atoms with van der Waals surface area (Å²) in [6, 6.07) is 9.17. The number of nitrogens with zero attached hydrogens (tertiary/aromatic N) is 4. The molecule has 1 fully saturated rings. The first-order valence-corrected chi connectivity index (χ1v) is 15.3. The van der Waals surface area contributed by atoms with Gasteiger partial charge in [-0.05, 0) is 49.1 Å². The van der Waals surface area contributed by atoms with Gasteiger partial charge in [0.1, 0.15) is 41.9 Å². The number of fused-ring (bicyclic) bond motifs is 1. The average Bonchev–Trinajstić information content (AvgIpc) is 3.49. The highest BCUT2D eigenvalue weighted by Crippen LogP contribution is 2.47. The number of carbonyl (C=O) groups excluding carboxylic acids is 1. The van der Waals surface area contributed by atoms with E-state index in [0.29, 0.717) is 11.2 Å². The minimum Gasteiger partial charge on any atom is -0.465 e. The molecular weight excluding hydrogens is 579 g/mol. The number of rotatable bonds is 11. The van der Waals surface area contributed by atoms with E-state index in [9.17, 15) is 19.6 Å².